The Kier molecular flexibility index (Phi) is 3.62. The zero-order valence-electron chi connectivity index (χ0n) is 13.3. The number of benzene rings is 2. The lowest BCUT2D eigenvalue weighted by molar-refractivity contribution is 0.325. The fraction of sp³-hybridized carbons (Fsp3) is 0.333. The molecular formula is C18H18FNO3S. The lowest BCUT2D eigenvalue weighted by Gasteiger charge is -2.34. The summed E-state index contributed by atoms with van der Waals surface area (Å²) in [6, 6.07) is 9.24. The number of ether oxygens (including phenoxy) is 1. The van der Waals surface area contributed by atoms with E-state index in [1.54, 1.807) is 24.3 Å². The van der Waals surface area contributed by atoms with Crippen molar-refractivity contribution in [2.24, 2.45) is 0 Å². The number of halogens is 1. The number of nitrogens with zero attached hydrogens (tertiary/aromatic N) is 1. The molecule has 0 saturated carbocycles. The maximum absolute atomic E-state index is 13.6. The van der Waals surface area contributed by atoms with Crippen molar-refractivity contribution in [1.82, 2.24) is 4.31 Å². The van der Waals surface area contributed by atoms with E-state index in [4.69, 9.17) is 4.74 Å². The van der Waals surface area contributed by atoms with Crippen LogP contribution < -0.4 is 4.74 Å². The molecule has 1 unspecified atom stereocenters. The van der Waals surface area contributed by atoms with Crippen LogP contribution in [0.3, 0.4) is 0 Å². The Morgan fingerprint density at radius 2 is 1.96 bits per heavy atom. The summed E-state index contributed by atoms with van der Waals surface area (Å²) in [5.74, 6) is 0.419. The SMILES string of the molecule is CC1c2cc(F)ccc2CCN1S(=O)(=O)c1ccc2c(c1)CCO2. The molecule has 126 valence electrons. The molecular weight excluding hydrogens is 329 g/mol. The van der Waals surface area contributed by atoms with Gasteiger partial charge in [-0.05, 0) is 60.4 Å². The second-order valence-corrected chi connectivity index (χ2v) is 8.14. The van der Waals surface area contributed by atoms with E-state index in [0.29, 0.717) is 19.6 Å². The van der Waals surface area contributed by atoms with E-state index in [1.165, 1.54) is 16.4 Å². The highest BCUT2D eigenvalue weighted by molar-refractivity contribution is 7.89. The number of fused-ring (bicyclic) bond motifs is 2. The zero-order valence-corrected chi connectivity index (χ0v) is 14.1. The van der Waals surface area contributed by atoms with Crippen molar-refractivity contribution in [3.05, 3.63) is 58.9 Å². The third-order valence-corrected chi connectivity index (χ3v) is 6.82. The topological polar surface area (TPSA) is 46.6 Å². The molecule has 0 N–H and O–H groups in total. The minimum Gasteiger partial charge on any atom is -0.493 e. The van der Waals surface area contributed by atoms with Gasteiger partial charge in [-0.1, -0.05) is 6.07 Å². The van der Waals surface area contributed by atoms with E-state index in [-0.39, 0.29) is 16.8 Å². The van der Waals surface area contributed by atoms with Gasteiger partial charge in [0.15, 0.2) is 0 Å². The van der Waals surface area contributed by atoms with Crippen LogP contribution in [-0.4, -0.2) is 25.9 Å². The van der Waals surface area contributed by atoms with Crippen LogP contribution in [0.2, 0.25) is 0 Å². The molecule has 24 heavy (non-hydrogen) atoms. The summed E-state index contributed by atoms with van der Waals surface area (Å²) in [6.45, 7) is 2.80. The number of hydrogen-bond donors (Lipinski definition) is 0. The minimum atomic E-state index is -3.63. The van der Waals surface area contributed by atoms with Crippen molar-refractivity contribution in [3.8, 4) is 5.75 Å². The van der Waals surface area contributed by atoms with E-state index in [1.807, 2.05) is 6.92 Å². The van der Waals surface area contributed by atoms with Gasteiger partial charge in [0.05, 0.1) is 11.5 Å². The molecule has 0 spiro atoms. The molecule has 2 aromatic carbocycles. The first kappa shape index (κ1) is 15.6. The molecule has 0 aliphatic carbocycles. The minimum absolute atomic E-state index is 0.276. The average Bonchev–Trinajstić information content (AvgIpc) is 3.03. The molecule has 2 aromatic rings. The maximum atomic E-state index is 13.6. The molecule has 0 aromatic heterocycles. The largest absolute Gasteiger partial charge is 0.493 e. The Balaban J connectivity index is 1.72. The van der Waals surface area contributed by atoms with Gasteiger partial charge in [-0.15, -0.1) is 0 Å². The Hall–Kier alpha value is -1.92. The van der Waals surface area contributed by atoms with Gasteiger partial charge < -0.3 is 4.74 Å². The van der Waals surface area contributed by atoms with Gasteiger partial charge in [0.2, 0.25) is 10.0 Å². The third kappa shape index (κ3) is 2.41. The van der Waals surface area contributed by atoms with Gasteiger partial charge in [-0.2, -0.15) is 4.31 Å². The predicted molar refractivity (Wildman–Crippen MR) is 88.1 cm³/mol. The summed E-state index contributed by atoms with van der Waals surface area (Å²) in [7, 11) is -3.63. The smallest absolute Gasteiger partial charge is 0.243 e. The fourth-order valence-corrected chi connectivity index (χ4v) is 5.21. The van der Waals surface area contributed by atoms with Crippen LogP contribution in [-0.2, 0) is 22.9 Å². The molecule has 4 nitrogen and oxygen atoms in total. The first-order chi connectivity index (χ1) is 11.5. The quantitative estimate of drug-likeness (QED) is 0.839. The highest BCUT2D eigenvalue weighted by Gasteiger charge is 2.34. The number of rotatable bonds is 2. The Morgan fingerprint density at radius 1 is 1.12 bits per heavy atom. The highest BCUT2D eigenvalue weighted by atomic mass is 32.2. The standard InChI is InChI=1S/C18H18FNO3S/c1-12-17-11-15(19)3-2-13(17)6-8-20(12)24(21,22)16-4-5-18-14(10-16)7-9-23-18/h2-5,10-12H,6-9H2,1H3. The maximum Gasteiger partial charge on any atom is 0.243 e. The zero-order chi connectivity index (χ0) is 16.9. The van der Waals surface area contributed by atoms with E-state index in [0.717, 1.165) is 28.9 Å². The van der Waals surface area contributed by atoms with Gasteiger partial charge >= 0.3 is 0 Å². The fourth-order valence-electron chi connectivity index (χ4n) is 3.55. The predicted octanol–water partition coefficient (Wildman–Crippen LogP) is 3.07. The van der Waals surface area contributed by atoms with Crippen molar-refractivity contribution in [1.29, 1.82) is 0 Å². The lowest BCUT2D eigenvalue weighted by Crippen LogP contribution is -2.38. The molecule has 2 heterocycles. The molecule has 2 aliphatic heterocycles. The van der Waals surface area contributed by atoms with Crippen molar-refractivity contribution in [2.45, 2.75) is 30.7 Å². The van der Waals surface area contributed by atoms with Crippen LogP contribution in [0.15, 0.2) is 41.3 Å². The monoisotopic (exact) mass is 347 g/mol. The average molecular weight is 347 g/mol. The van der Waals surface area contributed by atoms with Gasteiger partial charge in [-0.3, -0.25) is 0 Å². The summed E-state index contributed by atoms with van der Waals surface area (Å²) in [6.07, 6.45) is 1.32. The Labute approximate surface area is 140 Å². The van der Waals surface area contributed by atoms with E-state index < -0.39 is 10.0 Å². The van der Waals surface area contributed by atoms with Crippen LogP contribution in [0, 0.1) is 5.82 Å². The Bertz CT molecular complexity index is 910. The van der Waals surface area contributed by atoms with Crippen LogP contribution in [0.4, 0.5) is 4.39 Å². The van der Waals surface area contributed by atoms with E-state index >= 15 is 0 Å². The molecule has 1 atom stereocenters. The second-order valence-electron chi connectivity index (χ2n) is 6.25. The van der Waals surface area contributed by atoms with E-state index in [9.17, 15) is 12.8 Å². The highest BCUT2D eigenvalue weighted by Crippen LogP contribution is 2.36. The normalized spacial score (nSPS) is 20.3. The van der Waals surface area contributed by atoms with Crippen LogP contribution in [0.25, 0.3) is 0 Å². The molecule has 0 radical (unpaired) electrons. The molecule has 2 aliphatic rings. The summed E-state index contributed by atoms with van der Waals surface area (Å²) in [5, 5.41) is 0. The Morgan fingerprint density at radius 3 is 2.79 bits per heavy atom. The van der Waals surface area contributed by atoms with Crippen molar-refractivity contribution < 1.29 is 17.5 Å². The van der Waals surface area contributed by atoms with Gasteiger partial charge in [0.1, 0.15) is 11.6 Å². The molecule has 0 fully saturated rings. The summed E-state index contributed by atoms with van der Waals surface area (Å²) in [5.41, 5.74) is 2.68. The number of sulfonamides is 1. The van der Waals surface area contributed by atoms with Crippen LogP contribution in [0.5, 0.6) is 5.75 Å². The van der Waals surface area contributed by atoms with Crippen LogP contribution in [0.1, 0.15) is 29.7 Å². The number of hydrogen-bond acceptors (Lipinski definition) is 3. The van der Waals surface area contributed by atoms with Gasteiger partial charge in [0, 0.05) is 19.0 Å². The molecule has 0 saturated heterocycles. The first-order valence-corrected chi connectivity index (χ1v) is 9.47. The second kappa shape index (κ2) is 5.57. The lowest BCUT2D eigenvalue weighted by atomic mass is 9.95. The molecule has 4 rings (SSSR count). The van der Waals surface area contributed by atoms with Gasteiger partial charge in [-0.25, -0.2) is 12.8 Å². The van der Waals surface area contributed by atoms with Crippen molar-refractivity contribution in [2.75, 3.05) is 13.2 Å². The molecule has 0 amide bonds. The van der Waals surface area contributed by atoms with Crippen molar-refractivity contribution in [3.63, 3.8) is 0 Å². The first-order valence-electron chi connectivity index (χ1n) is 8.03. The third-order valence-electron chi connectivity index (χ3n) is 4.86. The van der Waals surface area contributed by atoms with E-state index in [2.05, 4.69) is 0 Å². The summed E-state index contributed by atoms with van der Waals surface area (Å²) < 4.78 is 46.7. The molecule has 6 heteroatoms. The molecule has 0 bridgehead atoms. The van der Waals surface area contributed by atoms with Crippen LogP contribution >= 0.6 is 0 Å². The van der Waals surface area contributed by atoms with Crippen molar-refractivity contribution >= 4 is 10.0 Å². The summed E-state index contributed by atoms with van der Waals surface area (Å²) >= 11 is 0. The van der Waals surface area contributed by atoms with Gasteiger partial charge in [0.25, 0.3) is 0 Å². The summed E-state index contributed by atoms with van der Waals surface area (Å²) in [4.78, 5) is 0.276.